The number of methoxy groups -OCH3 is 2. The van der Waals surface area contributed by atoms with Crippen LogP contribution in [0.25, 0.3) is 0 Å². The number of ether oxygens (including phenoxy) is 2. The maximum absolute atomic E-state index is 13.3. The average Bonchev–Trinajstić information content (AvgIpc) is 2.48. The van der Waals surface area contributed by atoms with Crippen molar-refractivity contribution in [2.24, 2.45) is 0 Å². The lowest BCUT2D eigenvalue weighted by Crippen LogP contribution is -2.13. The molecule has 0 aromatic heterocycles. The lowest BCUT2D eigenvalue weighted by atomic mass is 10.3. The average molecular weight is 311 g/mol. The van der Waals surface area contributed by atoms with Crippen molar-refractivity contribution in [2.75, 3.05) is 18.9 Å². The first-order valence-corrected chi connectivity index (χ1v) is 7.45. The minimum Gasteiger partial charge on any atom is -0.497 e. The summed E-state index contributed by atoms with van der Waals surface area (Å²) in [6.45, 7) is 0. The van der Waals surface area contributed by atoms with E-state index in [0.29, 0.717) is 11.4 Å². The van der Waals surface area contributed by atoms with Crippen LogP contribution >= 0.6 is 0 Å². The standard InChI is InChI=1S/C14H14FNO4S/c1-19-11-5-3-10(4-6-11)16-21(17,18)12-7-8-13(15)14(9-12)20-2/h3-9,16H,1-2H3. The largest absolute Gasteiger partial charge is 0.497 e. The van der Waals surface area contributed by atoms with Crippen LogP contribution in [0, 0.1) is 5.82 Å². The lowest BCUT2D eigenvalue weighted by Gasteiger charge is -2.10. The van der Waals surface area contributed by atoms with Crippen molar-refractivity contribution in [3.63, 3.8) is 0 Å². The fourth-order valence-corrected chi connectivity index (χ4v) is 2.75. The van der Waals surface area contributed by atoms with E-state index in [4.69, 9.17) is 9.47 Å². The molecule has 0 radical (unpaired) electrons. The molecule has 0 aliphatic carbocycles. The molecule has 2 aromatic rings. The van der Waals surface area contributed by atoms with E-state index < -0.39 is 15.8 Å². The van der Waals surface area contributed by atoms with Gasteiger partial charge in [0.2, 0.25) is 0 Å². The van der Waals surface area contributed by atoms with Crippen molar-refractivity contribution in [1.82, 2.24) is 0 Å². The molecule has 1 N–H and O–H groups in total. The molecule has 112 valence electrons. The molecule has 0 bridgehead atoms. The maximum atomic E-state index is 13.3. The molecule has 0 heterocycles. The van der Waals surface area contributed by atoms with Crippen LogP contribution in [0.4, 0.5) is 10.1 Å². The van der Waals surface area contributed by atoms with Gasteiger partial charge in [-0.15, -0.1) is 0 Å². The van der Waals surface area contributed by atoms with Gasteiger partial charge in [-0.2, -0.15) is 0 Å². The highest BCUT2D eigenvalue weighted by molar-refractivity contribution is 7.92. The van der Waals surface area contributed by atoms with Crippen LogP contribution in [0.15, 0.2) is 47.4 Å². The molecule has 0 saturated heterocycles. The molecular weight excluding hydrogens is 297 g/mol. The highest BCUT2D eigenvalue weighted by Crippen LogP contribution is 2.24. The van der Waals surface area contributed by atoms with Gasteiger partial charge in [-0.05, 0) is 36.4 Å². The Balaban J connectivity index is 2.29. The summed E-state index contributed by atoms with van der Waals surface area (Å²) in [5, 5.41) is 0. The predicted molar refractivity (Wildman–Crippen MR) is 76.8 cm³/mol. The van der Waals surface area contributed by atoms with E-state index in [-0.39, 0.29) is 10.6 Å². The Morgan fingerprint density at radius 1 is 1.00 bits per heavy atom. The summed E-state index contributed by atoms with van der Waals surface area (Å²) < 4.78 is 49.9. The Morgan fingerprint density at radius 2 is 1.67 bits per heavy atom. The first-order valence-electron chi connectivity index (χ1n) is 5.96. The number of rotatable bonds is 5. The molecule has 0 fully saturated rings. The second kappa shape index (κ2) is 6.01. The lowest BCUT2D eigenvalue weighted by molar-refractivity contribution is 0.385. The van der Waals surface area contributed by atoms with E-state index in [1.165, 1.54) is 20.3 Å². The van der Waals surface area contributed by atoms with Gasteiger partial charge in [-0.3, -0.25) is 4.72 Å². The fraction of sp³-hybridized carbons (Fsp3) is 0.143. The Hall–Kier alpha value is -2.28. The topological polar surface area (TPSA) is 64.6 Å². The zero-order chi connectivity index (χ0) is 15.5. The second-order valence-electron chi connectivity index (χ2n) is 4.13. The maximum Gasteiger partial charge on any atom is 0.262 e. The van der Waals surface area contributed by atoms with Gasteiger partial charge in [0, 0.05) is 11.8 Å². The molecule has 21 heavy (non-hydrogen) atoms. The van der Waals surface area contributed by atoms with Crippen molar-refractivity contribution in [3.05, 3.63) is 48.3 Å². The van der Waals surface area contributed by atoms with Crippen LogP contribution in [0.5, 0.6) is 11.5 Å². The van der Waals surface area contributed by atoms with E-state index in [0.717, 1.165) is 12.1 Å². The molecule has 5 nitrogen and oxygen atoms in total. The smallest absolute Gasteiger partial charge is 0.262 e. The zero-order valence-corrected chi connectivity index (χ0v) is 12.3. The number of sulfonamides is 1. The monoisotopic (exact) mass is 311 g/mol. The first-order chi connectivity index (χ1) is 9.96. The summed E-state index contributed by atoms with van der Waals surface area (Å²) in [5.74, 6) is -0.144. The SMILES string of the molecule is COc1ccc(NS(=O)(=O)c2ccc(F)c(OC)c2)cc1. The predicted octanol–water partition coefficient (Wildman–Crippen LogP) is 2.64. The summed E-state index contributed by atoms with van der Waals surface area (Å²) >= 11 is 0. The summed E-state index contributed by atoms with van der Waals surface area (Å²) in [5.41, 5.74) is 0.374. The third-order valence-corrected chi connectivity index (χ3v) is 4.15. The highest BCUT2D eigenvalue weighted by atomic mass is 32.2. The number of hydrogen-bond donors (Lipinski definition) is 1. The molecule has 0 saturated carbocycles. The quantitative estimate of drug-likeness (QED) is 0.922. The minimum atomic E-state index is -3.82. The van der Waals surface area contributed by atoms with Crippen LogP contribution in [0.3, 0.4) is 0 Å². The number of halogens is 1. The third-order valence-electron chi connectivity index (χ3n) is 2.78. The van der Waals surface area contributed by atoms with E-state index in [1.807, 2.05) is 0 Å². The van der Waals surface area contributed by atoms with Crippen molar-refractivity contribution in [2.45, 2.75) is 4.90 Å². The van der Waals surface area contributed by atoms with Gasteiger partial charge in [0.15, 0.2) is 11.6 Å². The van der Waals surface area contributed by atoms with E-state index >= 15 is 0 Å². The van der Waals surface area contributed by atoms with Crippen molar-refractivity contribution in [3.8, 4) is 11.5 Å². The Labute approximate surface area is 122 Å². The minimum absolute atomic E-state index is 0.0865. The van der Waals surface area contributed by atoms with Gasteiger partial charge < -0.3 is 9.47 Å². The first kappa shape index (κ1) is 15.1. The van der Waals surface area contributed by atoms with Crippen LogP contribution in [0.1, 0.15) is 0 Å². The van der Waals surface area contributed by atoms with Crippen LogP contribution in [-0.4, -0.2) is 22.6 Å². The van der Waals surface area contributed by atoms with E-state index in [9.17, 15) is 12.8 Å². The van der Waals surface area contributed by atoms with E-state index in [2.05, 4.69) is 4.72 Å². The third kappa shape index (κ3) is 3.43. The van der Waals surface area contributed by atoms with Gasteiger partial charge in [-0.1, -0.05) is 0 Å². The Kier molecular flexibility index (Phi) is 4.32. The van der Waals surface area contributed by atoms with Crippen LogP contribution < -0.4 is 14.2 Å². The second-order valence-corrected chi connectivity index (χ2v) is 5.81. The van der Waals surface area contributed by atoms with Crippen LogP contribution in [0.2, 0.25) is 0 Å². The van der Waals surface area contributed by atoms with Gasteiger partial charge in [0.1, 0.15) is 5.75 Å². The van der Waals surface area contributed by atoms with Crippen molar-refractivity contribution >= 4 is 15.7 Å². The Bertz CT molecular complexity index is 729. The van der Waals surface area contributed by atoms with Gasteiger partial charge in [0.05, 0.1) is 19.1 Å². The Morgan fingerprint density at radius 3 is 2.24 bits per heavy atom. The summed E-state index contributed by atoms with van der Waals surface area (Å²) in [6.07, 6.45) is 0. The molecular formula is C14H14FNO4S. The number of benzene rings is 2. The molecule has 0 spiro atoms. The van der Waals surface area contributed by atoms with E-state index in [1.54, 1.807) is 24.3 Å². The molecule has 2 aromatic carbocycles. The fourth-order valence-electron chi connectivity index (χ4n) is 1.68. The molecule has 0 aliphatic heterocycles. The van der Waals surface area contributed by atoms with Crippen LogP contribution in [-0.2, 0) is 10.0 Å². The van der Waals surface area contributed by atoms with Crippen molar-refractivity contribution < 1.29 is 22.3 Å². The molecule has 7 heteroatoms. The number of nitrogens with one attached hydrogen (secondary N) is 1. The summed E-state index contributed by atoms with van der Waals surface area (Å²) in [7, 11) is -1.03. The van der Waals surface area contributed by atoms with Crippen molar-refractivity contribution in [1.29, 1.82) is 0 Å². The normalized spacial score (nSPS) is 11.0. The zero-order valence-electron chi connectivity index (χ0n) is 11.5. The van der Waals surface area contributed by atoms with Gasteiger partial charge in [-0.25, -0.2) is 12.8 Å². The van der Waals surface area contributed by atoms with Gasteiger partial charge >= 0.3 is 0 Å². The molecule has 0 aliphatic rings. The number of hydrogen-bond acceptors (Lipinski definition) is 4. The molecule has 0 atom stereocenters. The molecule has 0 unspecified atom stereocenters. The summed E-state index contributed by atoms with van der Waals surface area (Å²) in [6, 6.07) is 9.73. The number of anilines is 1. The van der Waals surface area contributed by atoms with Gasteiger partial charge in [0.25, 0.3) is 10.0 Å². The summed E-state index contributed by atoms with van der Waals surface area (Å²) in [4.78, 5) is -0.0865. The highest BCUT2D eigenvalue weighted by Gasteiger charge is 2.16. The molecule has 0 amide bonds. The molecule has 2 rings (SSSR count).